The number of carbonyl (C=O) groups excluding carboxylic acids is 3. The van der Waals surface area contributed by atoms with E-state index in [4.69, 9.17) is 24.2 Å². The number of nitrogens with one attached hydrogen (secondary N) is 3. The summed E-state index contributed by atoms with van der Waals surface area (Å²) in [6.07, 6.45) is 2.56. The standard InChI is InChI=1S/C59H80F3N11O7S/c1-35-40-12-9-19-63-49(40)46-14-11-20-71(46)52(35)54(74)65-51-50(67-81(77)57(3,4)5)47-32-70(26-27-79-47)38-17-18-45-41(28-38)43(30-58(6,7)34-80-56(76)44-13-10-21-73(66-44)55(51)75)53(72(45)33-59(60,61)62)42-29-39(31-64-48(42)36(2)78-8)69-24-22-68(23-25-69)37-15-16-37/h9,12,17-19,28-29,31,35-37,44,46-47,50-52,66-67H,10-11,13-16,20-27,30,32-34H2,1-8H3,(H,65,74)/t35?,36-,44-,46+,47+,50+,51-,52-,81-/m0/s1. The molecule has 2 amide bonds. The van der Waals surface area contributed by atoms with Gasteiger partial charge < -0.3 is 33.9 Å². The van der Waals surface area contributed by atoms with Gasteiger partial charge in [-0.05, 0) is 121 Å². The summed E-state index contributed by atoms with van der Waals surface area (Å²) in [5, 5.41) is 5.19. The molecule has 4 aromatic rings. The van der Waals surface area contributed by atoms with E-state index in [1.807, 2.05) is 85.0 Å². The number of esters is 1. The number of carbonyl (C=O) groups is 3. The molecule has 5 fully saturated rings. The smallest absolute Gasteiger partial charge is 0.406 e. The molecule has 22 heteroatoms. The molecule has 1 unspecified atom stereocenters. The van der Waals surface area contributed by atoms with Crippen LogP contribution in [0.15, 0.2) is 48.8 Å². The minimum Gasteiger partial charge on any atom is -0.464 e. The molecular weight excluding hydrogens is 1060 g/mol. The normalized spacial score (nSPS) is 27.8. The number of anilines is 2. The third-order valence-electron chi connectivity index (χ3n) is 17.8. The van der Waals surface area contributed by atoms with Crippen molar-refractivity contribution in [2.24, 2.45) is 5.41 Å². The highest BCUT2D eigenvalue weighted by molar-refractivity contribution is 7.84. The number of piperazine rings is 1. The number of pyridine rings is 2. The third-order valence-corrected chi connectivity index (χ3v) is 19.4. The number of hydrazine groups is 1. The molecule has 4 saturated heterocycles. The van der Waals surface area contributed by atoms with Gasteiger partial charge in [0.1, 0.15) is 18.6 Å². The molecule has 3 N–H and O–H groups in total. The number of rotatable bonds is 10. The molecule has 1 aliphatic carbocycles. The summed E-state index contributed by atoms with van der Waals surface area (Å²) >= 11 is 0. The van der Waals surface area contributed by atoms with Gasteiger partial charge in [-0.1, -0.05) is 26.8 Å². The molecule has 7 aliphatic rings. The van der Waals surface area contributed by atoms with Crippen LogP contribution in [0, 0.1) is 5.41 Å². The maximum Gasteiger partial charge on any atom is 0.406 e. The Labute approximate surface area is 475 Å². The van der Waals surface area contributed by atoms with Gasteiger partial charge in [-0.25, -0.2) is 14.4 Å². The van der Waals surface area contributed by atoms with Crippen LogP contribution >= 0.6 is 0 Å². The zero-order valence-corrected chi connectivity index (χ0v) is 48.8. The first-order chi connectivity index (χ1) is 38.6. The average molecular weight is 1140 g/mol. The summed E-state index contributed by atoms with van der Waals surface area (Å²) < 4.78 is 83.2. The summed E-state index contributed by atoms with van der Waals surface area (Å²) in [6.45, 7) is 16.6. The molecule has 9 atom stereocenters. The number of fused-ring (bicyclic) bond motifs is 9. The van der Waals surface area contributed by atoms with Gasteiger partial charge in [0.15, 0.2) is 0 Å². The van der Waals surface area contributed by atoms with Crippen LogP contribution in [0.3, 0.4) is 0 Å². The van der Waals surface area contributed by atoms with E-state index in [2.05, 4.69) is 35.1 Å². The van der Waals surface area contributed by atoms with E-state index in [1.165, 1.54) is 22.4 Å². The van der Waals surface area contributed by atoms with Crippen molar-refractivity contribution in [1.82, 2.24) is 44.8 Å². The lowest BCUT2D eigenvalue weighted by atomic mass is 9.83. The molecule has 1 aromatic carbocycles. The van der Waals surface area contributed by atoms with Crippen molar-refractivity contribution < 1.29 is 46.0 Å². The number of hydrogen-bond acceptors (Lipinski definition) is 14. The number of aromatic nitrogens is 3. The Hall–Kier alpha value is -5.23. The third kappa shape index (κ3) is 11.9. The Morgan fingerprint density at radius 1 is 0.963 bits per heavy atom. The fraction of sp³-hybridized carbons (Fsp3) is 0.644. The number of cyclic esters (lactones) is 1. The molecule has 440 valence electrons. The van der Waals surface area contributed by atoms with Crippen LogP contribution in [0.1, 0.15) is 128 Å². The molecule has 1 saturated carbocycles. The van der Waals surface area contributed by atoms with E-state index in [-0.39, 0.29) is 50.6 Å². The summed E-state index contributed by atoms with van der Waals surface area (Å²) in [6, 6.07) is 7.82. The first-order valence-electron chi connectivity index (χ1n) is 29.1. The van der Waals surface area contributed by atoms with E-state index >= 15 is 22.8 Å². The second-order valence-electron chi connectivity index (χ2n) is 25.2. The second-order valence-corrected chi connectivity index (χ2v) is 27.2. The summed E-state index contributed by atoms with van der Waals surface area (Å²) in [5.41, 5.74) is 8.15. The highest BCUT2D eigenvalue weighted by Gasteiger charge is 2.50. The summed E-state index contributed by atoms with van der Waals surface area (Å²) in [7, 11) is -0.236. The molecular formula is C59H80F3N11O7S. The number of hydrogen-bond donors (Lipinski definition) is 3. The maximum atomic E-state index is 15.6. The van der Waals surface area contributed by atoms with Crippen molar-refractivity contribution in [3.8, 4) is 11.3 Å². The number of amides is 2. The molecule has 11 rings (SSSR count). The lowest BCUT2D eigenvalue weighted by molar-refractivity contribution is -0.156. The molecule has 6 bridgehead atoms. The fourth-order valence-corrected chi connectivity index (χ4v) is 14.2. The van der Waals surface area contributed by atoms with E-state index in [9.17, 15) is 9.00 Å². The van der Waals surface area contributed by atoms with Crippen molar-refractivity contribution >= 4 is 51.0 Å². The average Bonchev–Trinajstić information content (AvgIpc) is 4.21. The van der Waals surface area contributed by atoms with Crippen LogP contribution in [-0.4, -0.2) is 171 Å². The Kier molecular flexibility index (Phi) is 16.2. The van der Waals surface area contributed by atoms with E-state index < -0.39 is 82.1 Å². The number of ether oxygens (including phenoxy) is 3. The zero-order chi connectivity index (χ0) is 57.3. The van der Waals surface area contributed by atoms with Crippen LogP contribution < -0.4 is 25.3 Å². The van der Waals surface area contributed by atoms with Gasteiger partial charge in [0.2, 0.25) is 5.91 Å². The maximum absolute atomic E-state index is 15.6. The molecule has 9 heterocycles. The zero-order valence-electron chi connectivity index (χ0n) is 48.0. The van der Waals surface area contributed by atoms with Crippen molar-refractivity contribution in [3.05, 3.63) is 71.3 Å². The monoisotopic (exact) mass is 1140 g/mol. The van der Waals surface area contributed by atoms with Gasteiger partial charge in [0.25, 0.3) is 5.91 Å². The van der Waals surface area contributed by atoms with Crippen molar-refractivity contribution in [3.63, 3.8) is 0 Å². The topological polar surface area (TPSA) is 179 Å². The van der Waals surface area contributed by atoms with Crippen molar-refractivity contribution in [1.29, 1.82) is 0 Å². The van der Waals surface area contributed by atoms with Crippen molar-refractivity contribution in [2.75, 3.05) is 82.5 Å². The first-order valence-corrected chi connectivity index (χ1v) is 30.3. The highest BCUT2D eigenvalue weighted by atomic mass is 32.2. The van der Waals surface area contributed by atoms with Crippen LogP contribution in [-0.2, 0) is 52.5 Å². The van der Waals surface area contributed by atoms with Crippen LogP contribution in [0.2, 0.25) is 0 Å². The van der Waals surface area contributed by atoms with E-state index in [1.54, 1.807) is 19.4 Å². The molecule has 18 nitrogen and oxygen atoms in total. The van der Waals surface area contributed by atoms with Crippen LogP contribution in [0.25, 0.3) is 22.2 Å². The number of methoxy groups -OCH3 is 1. The minimum absolute atomic E-state index is 0.0814. The molecule has 0 spiro atoms. The lowest BCUT2D eigenvalue weighted by Crippen LogP contribution is -2.70. The number of halogens is 3. The number of nitrogens with zero attached hydrogens (tertiary/aromatic N) is 8. The minimum atomic E-state index is -4.63. The van der Waals surface area contributed by atoms with Gasteiger partial charge in [-0.2, -0.15) is 13.2 Å². The summed E-state index contributed by atoms with van der Waals surface area (Å²) in [5.74, 6) is -1.81. The number of benzene rings is 1. The van der Waals surface area contributed by atoms with Crippen molar-refractivity contribution in [2.45, 2.75) is 165 Å². The van der Waals surface area contributed by atoms with Gasteiger partial charge >= 0.3 is 12.1 Å². The SMILES string of the molecule is CO[C@@H](C)c1ncc(N2CCN(C3CC3)CC2)cc1-c1c2c3cc(ccc3n1CC(F)(F)F)N1CCO[C@H](C1)[C@@H](N[S@@](=O)C(C)(C)C)[C@H](NC(=O)[C@@H]1C(C)c3cccnc3[C@H]3CCCN31)C(=O)N1CCC[C@H](N1)C(=O)OCC(C)(C)C2. The van der Waals surface area contributed by atoms with Gasteiger partial charge in [0, 0.05) is 98.6 Å². The molecule has 0 radical (unpaired) electrons. The Balaban J connectivity index is 1.04. The predicted molar refractivity (Wildman–Crippen MR) is 304 cm³/mol. The summed E-state index contributed by atoms with van der Waals surface area (Å²) in [4.78, 5) is 64.2. The van der Waals surface area contributed by atoms with Crippen LogP contribution in [0.5, 0.6) is 0 Å². The highest BCUT2D eigenvalue weighted by Crippen LogP contribution is 2.46. The van der Waals surface area contributed by atoms with Gasteiger partial charge in [0.05, 0.1) is 88.2 Å². The van der Waals surface area contributed by atoms with Gasteiger partial charge in [-0.15, -0.1) is 0 Å². The first kappa shape index (κ1) is 57.6. The largest absolute Gasteiger partial charge is 0.464 e. The van der Waals surface area contributed by atoms with Gasteiger partial charge in [-0.3, -0.25) is 39.2 Å². The number of alkyl halides is 3. The Morgan fingerprint density at radius 2 is 1.73 bits per heavy atom. The second kappa shape index (κ2) is 22.7. The van der Waals surface area contributed by atoms with E-state index in [0.717, 1.165) is 56.0 Å². The van der Waals surface area contributed by atoms with E-state index in [0.29, 0.717) is 71.1 Å². The Bertz CT molecular complexity index is 3030. The quantitative estimate of drug-likeness (QED) is 0.143. The predicted octanol–water partition coefficient (Wildman–Crippen LogP) is 6.71. The Morgan fingerprint density at radius 3 is 2.46 bits per heavy atom. The molecule has 6 aliphatic heterocycles. The lowest BCUT2D eigenvalue weighted by Gasteiger charge is -2.45. The fourth-order valence-electron chi connectivity index (χ4n) is 13.3. The van der Waals surface area contributed by atoms with Crippen LogP contribution in [0.4, 0.5) is 24.5 Å². The molecule has 3 aromatic heterocycles. The molecule has 81 heavy (non-hydrogen) atoms. The number of morpholine rings is 1.